The average molecular weight is 440 g/mol. The van der Waals surface area contributed by atoms with Crippen LogP contribution in [-0.4, -0.2) is 37.0 Å². The first-order chi connectivity index (χ1) is 11.1. The zero-order valence-corrected chi connectivity index (χ0v) is 16.9. The van der Waals surface area contributed by atoms with Crippen molar-refractivity contribution in [2.24, 2.45) is 4.99 Å². The summed E-state index contributed by atoms with van der Waals surface area (Å²) in [6.07, 6.45) is 0. The minimum atomic E-state index is 0. The Kier molecular flexibility index (Phi) is 8.53. The van der Waals surface area contributed by atoms with Crippen molar-refractivity contribution >= 4 is 29.9 Å². The maximum atomic E-state index is 5.15. The van der Waals surface area contributed by atoms with Gasteiger partial charge in [0.15, 0.2) is 5.96 Å². The molecule has 1 heterocycles. The van der Waals surface area contributed by atoms with E-state index in [1.54, 1.807) is 14.2 Å². The van der Waals surface area contributed by atoms with Gasteiger partial charge in [0.25, 0.3) is 0 Å². The highest BCUT2D eigenvalue weighted by molar-refractivity contribution is 14.0. The van der Waals surface area contributed by atoms with E-state index in [-0.39, 0.29) is 24.0 Å². The molecule has 0 aliphatic rings. The Morgan fingerprint density at radius 1 is 1.21 bits per heavy atom. The molecule has 1 N–H and O–H groups in total. The fourth-order valence-corrected chi connectivity index (χ4v) is 2.34. The third-order valence-electron chi connectivity index (χ3n) is 3.66. The van der Waals surface area contributed by atoms with Crippen LogP contribution in [0.5, 0.6) is 5.88 Å². The molecule has 5 nitrogen and oxygen atoms in total. The van der Waals surface area contributed by atoms with Gasteiger partial charge in [-0.1, -0.05) is 30.3 Å². The molecule has 1 aromatic carbocycles. The van der Waals surface area contributed by atoms with Gasteiger partial charge in [-0.25, -0.2) is 4.98 Å². The molecule has 6 heteroatoms. The molecule has 2 rings (SSSR count). The summed E-state index contributed by atoms with van der Waals surface area (Å²) >= 11 is 0. The summed E-state index contributed by atoms with van der Waals surface area (Å²) in [4.78, 5) is 10.8. The Labute approximate surface area is 161 Å². The van der Waals surface area contributed by atoms with Gasteiger partial charge in [-0.2, -0.15) is 0 Å². The predicted molar refractivity (Wildman–Crippen MR) is 109 cm³/mol. The molecule has 130 valence electrons. The summed E-state index contributed by atoms with van der Waals surface area (Å²) in [6, 6.07) is 14.1. The zero-order valence-electron chi connectivity index (χ0n) is 14.6. The summed E-state index contributed by atoms with van der Waals surface area (Å²) in [6.45, 7) is 3.53. The van der Waals surface area contributed by atoms with E-state index in [4.69, 9.17) is 4.74 Å². The molecule has 24 heavy (non-hydrogen) atoms. The highest BCUT2D eigenvalue weighted by Gasteiger charge is 2.08. The summed E-state index contributed by atoms with van der Waals surface area (Å²) in [7, 11) is 5.44. The van der Waals surface area contributed by atoms with Crippen LogP contribution < -0.4 is 10.1 Å². The molecule has 0 spiro atoms. The van der Waals surface area contributed by atoms with Crippen LogP contribution in [0.25, 0.3) is 0 Å². The summed E-state index contributed by atoms with van der Waals surface area (Å²) < 4.78 is 5.15. The van der Waals surface area contributed by atoms with E-state index in [1.807, 2.05) is 25.2 Å². The Bertz CT molecular complexity index is 676. The molecule has 0 bridgehead atoms. The smallest absolute Gasteiger partial charge is 0.213 e. The van der Waals surface area contributed by atoms with E-state index >= 15 is 0 Å². The molecular weight excluding hydrogens is 415 g/mol. The first-order valence-electron chi connectivity index (χ1n) is 7.60. The van der Waals surface area contributed by atoms with Gasteiger partial charge in [0.05, 0.1) is 19.3 Å². The standard InChI is InChI=1S/C18H24N4O.HI/c1-14-8-5-6-9-15(14)13-22(3)18(19-2)20-12-16-10-7-11-17(21-16)23-4;/h5-11H,12-13H2,1-4H3,(H,19,20);1H. The average Bonchev–Trinajstić information content (AvgIpc) is 2.57. The van der Waals surface area contributed by atoms with Crippen LogP contribution in [0.4, 0.5) is 0 Å². The molecule has 0 fully saturated rings. The van der Waals surface area contributed by atoms with Crippen molar-refractivity contribution in [2.45, 2.75) is 20.0 Å². The number of rotatable bonds is 5. The lowest BCUT2D eigenvalue weighted by Gasteiger charge is -2.23. The Morgan fingerprint density at radius 2 is 1.96 bits per heavy atom. The number of aromatic nitrogens is 1. The fourth-order valence-electron chi connectivity index (χ4n) is 2.34. The molecule has 0 unspecified atom stereocenters. The maximum Gasteiger partial charge on any atom is 0.213 e. The number of ether oxygens (including phenoxy) is 1. The maximum absolute atomic E-state index is 5.15. The third kappa shape index (κ3) is 5.67. The number of nitrogens with one attached hydrogen (secondary N) is 1. The van der Waals surface area contributed by atoms with Crippen molar-refractivity contribution in [1.29, 1.82) is 0 Å². The number of halogens is 1. The molecule has 0 radical (unpaired) electrons. The number of pyridine rings is 1. The fraction of sp³-hybridized carbons (Fsp3) is 0.333. The number of aliphatic imine (C=N–C) groups is 1. The number of guanidine groups is 1. The number of aryl methyl sites for hydroxylation is 1. The van der Waals surface area contributed by atoms with Crippen LogP contribution in [0.2, 0.25) is 0 Å². The van der Waals surface area contributed by atoms with Crippen molar-refractivity contribution in [3.8, 4) is 5.88 Å². The van der Waals surface area contributed by atoms with E-state index in [1.165, 1.54) is 11.1 Å². The van der Waals surface area contributed by atoms with Crippen LogP contribution in [-0.2, 0) is 13.1 Å². The summed E-state index contributed by atoms with van der Waals surface area (Å²) in [5, 5.41) is 3.33. The molecular formula is C18H25IN4O. The largest absolute Gasteiger partial charge is 0.481 e. The van der Waals surface area contributed by atoms with Crippen LogP contribution in [0.15, 0.2) is 47.5 Å². The zero-order chi connectivity index (χ0) is 16.7. The Morgan fingerprint density at radius 3 is 2.62 bits per heavy atom. The molecule has 1 aromatic heterocycles. The second kappa shape index (κ2) is 10.1. The SMILES string of the molecule is CN=C(NCc1cccc(OC)n1)N(C)Cc1ccccc1C.I. The predicted octanol–water partition coefficient (Wildman–Crippen LogP) is 3.22. The monoisotopic (exact) mass is 440 g/mol. The molecule has 0 aliphatic heterocycles. The summed E-state index contributed by atoms with van der Waals surface area (Å²) in [5.74, 6) is 1.45. The number of nitrogens with zero attached hydrogens (tertiary/aromatic N) is 3. The second-order valence-electron chi connectivity index (χ2n) is 5.35. The van der Waals surface area contributed by atoms with E-state index in [2.05, 4.69) is 51.4 Å². The topological polar surface area (TPSA) is 49.8 Å². The number of methoxy groups -OCH3 is 1. The molecule has 0 saturated heterocycles. The van der Waals surface area contributed by atoms with Crippen molar-refractivity contribution in [2.75, 3.05) is 21.2 Å². The molecule has 0 atom stereocenters. The van der Waals surface area contributed by atoms with E-state index in [0.29, 0.717) is 12.4 Å². The third-order valence-corrected chi connectivity index (χ3v) is 3.66. The van der Waals surface area contributed by atoms with Crippen LogP contribution in [0.3, 0.4) is 0 Å². The first-order valence-corrected chi connectivity index (χ1v) is 7.60. The van der Waals surface area contributed by atoms with Gasteiger partial charge in [-0.15, -0.1) is 24.0 Å². The van der Waals surface area contributed by atoms with Crippen molar-refractivity contribution in [3.05, 3.63) is 59.3 Å². The quantitative estimate of drug-likeness (QED) is 0.441. The van der Waals surface area contributed by atoms with Gasteiger partial charge in [0, 0.05) is 26.7 Å². The minimum Gasteiger partial charge on any atom is -0.481 e. The molecule has 0 amide bonds. The number of benzene rings is 1. The van der Waals surface area contributed by atoms with Gasteiger partial charge >= 0.3 is 0 Å². The van der Waals surface area contributed by atoms with Gasteiger partial charge < -0.3 is 15.0 Å². The van der Waals surface area contributed by atoms with Crippen LogP contribution >= 0.6 is 24.0 Å². The van der Waals surface area contributed by atoms with Crippen LogP contribution in [0, 0.1) is 6.92 Å². The van der Waals surface area contributed by atoms with Gasteiger partial charge in [0.2, 0.25) is 5.88 Å². The van der Waals surface area contributed by atoms with Gasteiger partial charge in [-0.3, -0.25) is 4.99 Å². The van der Waals surface area contributed by atoms with Crippen molar-refractivity contribution in [1.82, 2.24) is 15.2 Å². The highest BCUT2D eigenvalue weighted by Crippen LogP contribution is 2.10. The first kappa shape index (κ1) is 20.2. The lowest BCUT2D eigenvalue weighted by Crippen LogP contribution is -2.38. The highest BCUT2D eigenvalue weighted by atomic mass is 127. The Balaban J connectivity index is 0.00000288. The molecule has 2 aromatic rings. The lowest BCUT2D eigenvalue weighted by molar-refractivity contribution is 0.396. The Hall–Kier alpha value is -1.83. The van der Waals surface area contributed by atoms with Gasteiger partial charge in [0.1, 0.15) is 0 Å². The van der Waals surface area contributed by atoms with Crippen molar-refractivity contribution < 1.29 is 4.74 Å². The normalized spacial score (nSPS) is 10.8. The van der Waals surface area contributed by atoms with E-state index < -0.39 is 0 Å². The minimum absolute atomic E-state index is 0. The second-order valence-corrected chi connectivity index (χ2v) is 5.35. The van der Waals surface area contributed by atoms with Crippen molar-refractivity contribution in [3.63, 3.8) is 0 Å². The van der Waals surface area contributed by atoms with Crippen LogP contribution in [0.1, 0.15) is 16.8 Å². The number of hydrogen-bond donors (Lipinski definition) is 1. The van der Waals surface area contributed by atoms with E-state index in [0.717, 1.165) is 18.2 Å². The van der Waals surface area contributed by atoms with Gasteiger partial charge in [-0.05, 0) is 24.1 Å². The number of hydrogen-bond acceptors (Lipinski definition) is 3. The van der Waals surface area contributed by atoms with E-state index in [9.17, 15) is 0 Å². The molecule has 0 aliphatic carbocycles. The molecule has 0 saturated carbocycles. The lowest BCUT2D eigenvalue weighted by atomic mass is 10.1. The summed E-state index contributed by atoms with van der Waals surface area (Å²) in [5.41, 5.74) is 3.48.